The second-order valence-corrected chi connectivity index (χ2v) is 9.94. The van der Waals surface area contributed by atoms with E-state index in [2.05, 4.69) is 21.2 Å². The third kappa shape index (κ3) is 4.69. The van der Waals surface area contributed by atoms with Crippen molar-refractivity contribution in [3.63, 3.8) is 0 Å². The van der Waals surface area contributed by atoms with Gasteiger partial charge >= 0.3 is 0 Å². The average molecular weight is 584 g/mol. The van der Waals surface area contributed by atoms with Crippen LogP contribution in [0.1, 0.15) is 11.3 Å². The van der Waals surface area contributed by atoms with Crippen LogP contribution in [0.15, 0.2) is 81.6 Å². The predicted molar refractivity (Wildman–Crippen MR) is 147 cm³/mol. The van der Waals surface area contributed by atoms with Gasteiger partial charge in [0, 0.05) is 39.2 Å². The summed E-state index contributed by atoms with van der Waals surface area (Å²) in [5.74, 6) is 0.283. The minimum atomic E-state index is -0.239. The highest BCUT2D eigenvalue weighted by Gasteiger charge is 2.37. The van der Waals surface area contributed by atoms with Gasteiger partial charge in [0.1, 0.15) is 18.0 Å². The highest BCUT2D eigenvalue weighted by Crippen LogP contribution is 2.32. The second kappa shape index (κ2) is 9.93. The van der Waals surface area contributed by atoms with Gasteiger partial charge in [0.25, 0.3) is 5.91 Å². The Morgan fingerprint density at radius 3 is 2.69 bits per heavy atom. The Bertz CT molecular complexity index is 1510. The number of likely N-dealkylation sites (N-methyl/N-ethyl adjacent to an activating group) is 1. The lowest BCUT2D eigenvalue weighted by molar-refractivity contribution is -0.121. The van der Waals surface area contributed by atoms with E-state index in [0.29, 0.717) is 33.8 Å². The van der Waals surface area contributed by atoms with Gasteiger partial charge in [0.2, 0.25) is 5.91 Å². The number of nitrogens with zero attached hydrogens (tertiary/aromatic N) is 3. The number of carbonyl (C=O) groups excluding carboxylic acids is 2. The molecule has 2 aromatic carbocycles. The summed E-state index contributed by atoms with van der Waals surface area (Å²) in [6.45, 7) is 0.422. The summed E-state index contributed by atoms with van der Waals surface area (Å²) in [5, 5.41) is 4.71. The molecule has 0 radical (unpaired) electrons. The number of hydrogen-bond donors (Lipinski definition) is 1. The zero-order chi connectivity index (χ0) is 25.4. The van der Waals surface area contributed by atoms with Gasteiger partial charge in [-0.3, -0.25) is 14.5 Å². The quantitative estimate of drug-likeness (QED) is 0.237. The zero-order valence-electron chi connectivity index (χ0n) is 19.1. The SMILES string of the molecule is CN1C(=S)N(c2ccc(Cl)cc2)C(=O)/C1=C/c1cn(CC(=O)NCc2ccco2)c2ccc(Br)cc12. The minimum absolute atomic E-state index is 0.112. The minimum Gasteiger partial charge on any atom is -0.467 e. The van der Waals surface area contributed by atoms with E-state index in [4.69, 9.17) is 28.2 Å². The van der Waals surface area contributed by atoms with Crippen LogP contribution >= 0.6 is 39.7 Å². The van der Waals surface area contributed by atoms with Crippen molar-refractivity contribution in [3.05, 3.63) is 93.6 Å². The van der Waals surface area contributed by atoms with E-state index >= 15 is 0 Å². The molecule has 2 amide bonds. The number of carbonyl (C=O) groups is 2. The summed E-state index contributed by atoms with van der Waals surface area (Å²) in [6, 6.07) is 16.4. The van der Waals surface area contributed by atoms with Gasteiger partial charge in [-0.1, -0.05) is 27.5 Å². The van der Waals surface area contributed by atoms with E-state index in [-0.39, 0.29) is 18.4 Å². The monoisotopic (exact) mass is 582 g/mol. The highest BCUT2D eigenvalue weighted by atomic mass is 79.9. The number of thiocarbonyl (C=S) groups is 1. The maximum Gasteiger partial charge on any atom is 0.281 e. The first kappa shape index (κ1) is 24.3. The Labute approximate surface area is 226 Å². The summed E-state index contributed by atoms with van der Waals surface area (Å²) < 4.78 is 8.03. The molecule has 1 aliphatic heterocycles. The van der Waals surface area contributed by atoms with E-state index in [0.717, 1.165) is 20.9 Å². The molecule has 1 saturated heterocycles. The first-order valence-electron chi connectivity index (χ1n) is 11.0. The molecule has 4 aromatic rings. The molecular formula is C26H20BrClN4O3S. The third-order valence-corrected chi connectivity index (χ3v) is 7.07. The fourth-order valence-corrected chi connectivity index (χ4v) is 4.85. The Hall–Kier alpha value is -3.40. The van der Waals surface area contributed by atoms with Crippen molar-refractivity contribution in [1.82, 2.24) is 14.8 Å². The topological polar surface area (TPSA) is 70.7 Å². The molecule has 0 atom stereocenters. The van der Waals surface area contributed by atoms with Crippen LogP contribution in [-0.2, 0) is 22.7 Å². The molecule has 3 heterocycles. The molecular weight excluding hydrogens is 564 g/mol. The number of furan rings is 1. The molecule has 0 aliphatic carbocycles. The van der Waals surface area contributed by atoms with Crippen molar-refractivity contribution < 1.29 is 14.0 Å². The van der Waals surface area contributed by atoms with Crippen molar-refractivity contribution in [2.45, 2.75) is 13.1 Å². The van der Waals surface area contributed by atoms with Crippen LogP contribution in [-0.4, -0.2) is 33.4 Å². The molecule has 36 heavy (non-hydrogen) atoms. The molecule has 1 N–H and O–H groups in total. The number of anilines is 1. The molecule has 1 aliphatic rings. The summed E-state index contributed by atoms with van der Waals surface area (Å²) in [6.07, 6.45) is 5.24. The number of benzene rings is 2. The molecule has 0 spiro atoms. The normalized spacial score (nSPS) is 14.9. The van der Waals surface area contributed by atoms with Crippen molar-refractivity contribution in [3.8, 4) is 0 Å². The number of amides is 2. The lowest BCUT2D eigenvalue weighted by atomic mass is 10.1. The molecule has 0 unspecified atom stereocenters. The Morgan fingerprint density at radius 2 is 1.97 bits per heavy atom. The fraction of sp³-hybridized carbons (Fsp3) is 0.115. The third-order valence-electron chi connectivity index (χ3n) is 5.87. The van der Waals surface area contributed by atoms with Crippen molar-refractivity contribution in [1.29, 1.82) is 0 Å². The van der Waals surface area contributed by atoms with Crippen LogP contribution in [0.2, 0.25) is 5.02 Å². The van der Waals surface area contributed by atoms with Crippen LogP contribution in [0.4, 0.5) is 5.69 Å². The fourth-order valence-electron chi connectivity index (χ4n) is 4.07. The van der Waals surface area contributed by atoms with Gasteiger partial charge in [-0.25, -0.2) is 0 Å². The Morgan fingerprint density at radius 1 is 1.19 bits per heavy atom. The Kier molecular flexibility index (Phi) is 6.70. The smallest absolute Gasteiger partial charge is 0.281 e. The van der Waals surface area contributed by atoms with Gasteiger partial charge in [-0.2, -0.15) is 0 Å². The zero-order valence-corrected chi connectivity index (χ0v) is 22.2. The lowest BCUT2D eigenvalue weighted by Gasteiger charge is -2.16. The van der Waals surface area contributed by atoms with Crippen LogP contribution in [0.3, 0.4) is 0 Å². The van der Waals surface area contributed by atoms with Gasteiger partial charge in [-0.15, -0.1) is 0 Å². The molecule has 0 saturated carbocycles. The van der Waals surface area contributed by atoms with Crippen molar-refractivity contribution in [2.75, 3.05) is 11.9 Å². The van der Waals surface area contributed by atoms with Gasteiger partial charge in [-0.05, 0) is 72.9 Å². The number of halogens is 2. The number of aromatic nitrogens is 1. The summed E-state index contributed by atoms with van der Waals surface area (Å²) >= 11 is 15.1. The van der Waals surface area contributed by atoms with Crippen LogP contribution in [0.25, 0.3) is 17.0 Å². The molecule has 0 bridgehead atoms. The number of fused-ring (bicyclic) bond motifs is 1. The Balaban J connectivity index is 1.47. The summed E-state index contributed by atoms with van der Waals surface area (Å²) in [7, 11) is 1.76. The largest absolute Gasteiger partial charge is 0.467 e. The van der Waals surface area contributed by atoms with E-state index in [9.17, 15) is 9.59 Å². The highest BCUT2D eigenvalue weighted by molar-refractivity contribution is 9.10. The van der Waals surface area contributed by atoms with E-state index in [1.807, 2.05) is 29.0 Å². The van der Waals surface area contributed by atoms with Gasteiger partial charge < -0.3 is 19.2 Å². The number of nitrogens with one attached hydrogen (secondary N) is 1. The molecule has 2 aromatic heterocycles. The first-order chi connectivity index (χ1) is 17.3. The standard InChI is InChI=1S/C26H20BrClN4O3S/c1-30-23(25(34)32(26(30)36)19-7-5-18(28)6-8-19)11-16-14-31(22-9-4-17(27)12-21(16)22)15-24(33)29-13-20-3-2-10-35-20/h2-12,14H,13,15H2,1H3,(H,29,33)/b23-11-. The van der Waals surface area contributed by atoms with Gasteiger partial charge in [0.15, 0.2) is 5.11 Å². The van der Waals surface area contributed by atoms with Gasteiger partial charge in [0.05, 0.1) is 18.5 Å². The van der Waals surface area contributed by atoms with E-state index in [1.54, 1.807) is 60.7 Å². The van der Waals surface area contributed by atoms with Crippen LogP contribution in [0.5, 0.6) is 0 Å². The lowest BCUT2D eigenvalue weighted by Crippen LogP contribution is -2.31. The number of rotatable bonds is 6. The molecule has 1 fully saturated rings. The average Bonchev–Trinajstić information content (AvgIpc) is 3.54. The molecule has 5 rings (SSSR count). The second-order valence-electron chi connectivity index (χ2n) is 8.22. The van der Waals surface area contributed by atoms with E-state index < -0.39 is 0 Å². The maximum atomic E-state index is 13.4. The molecule has 182 valence electrons. The molecule has 10 heteroatoms. The van der Waals surface area contributed by atoms with E-state index in [1.165, 1.54) is 4.90 Å². The molecule has 7 nitrogen and oxygen atoms in total. The van der Waals surface area contributed by atoms with Crippen molar-refractivity contribution in [2.24, 2.45) is 0 Å². The van der Waals surface area contributed by atoms with Crippen LogP contribution < -0.4 is 10.2 Å². The first-order valence-corrected chi connectivity index (χ1v) is 12.6. The van der Waals surface area contributed by atoms with Crippen LogP contribution in [0, 0.1) is 0 Å². The van der Waals surface area contributed by atoms with Crippen molar-refractivity contribution >= 4 is 79.3 Å². The maximum absolute atomic E-state index is 13.4. The summed E-state index contributed by atoms with van der Waals surface area (Å²) in [4.78, 5) is 29.2. The summed E-state index contributed by atoms with van der Waals surface area (Å²) in [5.41, 5.74) is 2.73. The predicted octanol–water partition coefficient (Wildman–Crippen LogP) is 5.57. The number of hydrogen-bond acceptors (Lipinski definition) is 4.